The Morgan fingerprint density at radius 2 is 2.24 bits per heavy atom. The molecule has 2 rings (SSSR count). The zero-order valence-corrected chi connectivity index (χ0v) is 9.36. The molecule has 5 nitrogen and oxygen atoms in total. The number of fused-ring (bicyclic) bond motifs is 1. The Morgan fingerprint density at radius 1 is 1.47 bits per heavy atom. The summed E-state index contributed by atoms with van der Waals surface area (Å²) in [7, 11) is 1.55. The molecule has 1 heterocycles. The lowest BCUT2D eigenvalue weighted by Gasteiger charge is -2.01. The summed E-state index contributed by atoms with van der Waals surface area (Å²) in [6.07, 6.45) is 0.300. The van der Waals surface area contributed by atoms with E-state index in [0.717, 1.165) is 10.9 Å². The minimum atomic E-state index is -1.02. The van der Waals surface area contributed by atoms with Crippen molar-refractivity contribution in [1.29, 1.82) is 0 Å². The highest BCUT2D eigenvalue weighted by atomic mass is 16.5. The first-order valence-corrected chi connectivity index (χ1v) is 5.20. The summed E-state index contributed by atoms with van der Waals surface area (Å²) in [6.45, 7) is -0.0928. The second-order valence-corrected chi connectivity index (χ2v) is 3.67. The molecule has 0 radical (unpaired) electrons. The van der Waals surface area contributed by atoms with E-state index in [-0.39, 0.29) is 12.3 Å². The van der Waals surface area contributed by atoms with E-state index in [0.29, 0.717) is 17.7 Å². The van der Waals surface area contributed by atoms with Gasteiger partial charge in [0, 0.05) is 17.5 Å². The van der Waals surface area contributed by atoms with Crippen LogP contribution in [0.3, 0.4) is 0 Å². The summed E-state index contributed by atoms with van der Waals surface area (Å²) in [4.78, 5) is 13.9. The molecule has 3 N–H and O–H groups in total. The molecule has 0 atom stereocenters. The van der Waals surface area contributed by atoms with Gasteiger partial charge in [-0.05, 0) is 30.2 Å². The number of carboxylic acid groups (broad SMARTS) is 1. The molecule has 5 heteroatoms. The van der Waals surface area contributed by atoms with Crippen LogP contribution in [0, 0.1) is 0 Å². The maximum atomic E-state index is 11.1. The molecule has 0 spiro atoms. The molecule has 0 amide bonds. The number of rotatable bonds is 4. The minimum absolute atomic E-state index is 0.0928. The smallest absolute Gasteiger partial charge is 0.352 e. The number of aromatic nitrogens is 1. The van der Waals surface area contributed by atoms with E-state index in [1.165, 1.54) is 0 Å². The molecule has 2 aromatic rings. The zero-order valence-electron chi connectivity index (χ0n) is 9.36. The van der Waals surface area contributed by atoms with E-state index in [1.807, 2.05) is 0 Å². The number of aromatic amines is 1. The number of hydrogen-bond acceptors (Lipinski definition) is 3. The largest absolute Gasteiger partial charge is 0.497 e. The lowest BCUT2D eigenvalue weighted by Crippen LogP contribution is -2.02. The number of aliphatic hydroxyl groups is 1. The molecule has 0 saturated carbocycles. The van der Waals surface area contributed by atoms with Crippen molar-refractivity contribution in [3.8, 4) is 5.75 Å². The molecule has 17 heavy (non-hydrogen) atoms. The topological polar surface area (TPSA) is 82.6 Å². The third-order valence-electron chi connectivity index (χ3n) is 2.69. The summed E-state index contributed by atoms with van der Waals surface area (Å²) in [5, 5.41) is 18.8. The van der Waals surface area contributed by atoms with E-state index < -0.39 is 5.97 Å². The van der Waals surface area contributed by atoms with Gasteiger partial charge < -0.3 is 19.9 Å². The fourth-order valence-electron chi connectivity index (χ4n) is 1.91. The van der Waals surface area contributed by atoms with Crippen molar-refractivity contribution >= 4 is 16.9 Å². The van der Waals surface area contributed by atoms with Gasteiger partial charge in [-0.2, -0.15) is 0 Å². The van der Waals surface area contributed by atoms with Gasteiger partial charge in [0.05, 0.1) is 7.11 Å². The third-order valence-corrected chi connectivity index (χ3v) is 2.69. The van der Waals surface area contributed by atoms with Gasteiger partial charge in [-0.3, -0.25) is 0 Å². The average Bonchev–Trinajstić information content (AvgIpc) is 2.68. The molecular formula is C12H13NO4. The number of H-pyrrole nitrogens is 1. The van der Waals surface area contributed by atoms with Crippen molar-refractivity contribution in [2.24, 2.45) is 0 Å². The molecule has 0 fully saturated rings. The van der Waals surface area contributed by atoms with E-state index in [9.17, 15) is 4.79 Å². The number of carbonyl (C=O) groups is 1. The van der Waals surface area contributed by atoms with Crippen molar-refractivity contribution in [2.75, 3.05) is 13.7 Å². The van der Waals surface area contributed by atoms with Gasteiger partial charge in [0.25, 0.3) is 0 Å². The Kier molecular flexibility index (Phi) is 3.01. The quantitative estimate of drug-likeness (QED) is 0.748. The Balaban J connectivity index is 2.67. The molecule has 0 unspecified atom stereocenters. The number of carboxylic acids is 1. The molecule has 1 aromatic carbocycles. The summed E-state index contributed by atoms with van der Waals surface area (Å²) in [5.74, 6) is -0.365. The second-order valence-electron chi connectivity index (χ2n) is 3.67. The molecule has 0 aliphatic heterocycles. The molecule has 0 aliphatic carbocycles. The van der Waals surface area contributed by atoms with Crippen LogP contribution in [-0.2, 0) is 6.42 Å². The van der Waals surface area contributed by atoms with Crippen molar-refractivity contribution < 1.29 is 19.7 Å². The minimum Gasteiger partial charge on any atom is -0.497 e. The van der Waals surface area contributed by atoms with Crippen molar-refractivity contribution in [3.63, 3.8) is 0 Å². The highest BCUT2D eigenvalue weighted by molar-refractivity contribution is 5.97. The summed E-state index contributed by atoms with van der Waals surface area (Å²) in [6, 6.07) is 5.29. The van der Waals surface area contributed by atoms with Crippen LogP contribution in [0.4, 0.5) is 0 Å². The predicted octanol–water partition coefficient (Wildman–Crippen LogP) is 1.41. The van der Waals surface area contributed by atoms with Crippen LogP contribution >= 0.6 is 0 Å². The first kappa shape index (κ1) is 11.5. The van der Waals surface area contributed by atoms with Gasteiger partial charge >= 0.3 is 5.97 Å². The van der Waals surface area contributed by atoms with E-state index in [2.05, 4.69) is 4.98 Å². The van der Waals surface area contributed by atoms with Crippen LogP contribution in [0.1, 0.15) is 16.1 Å². The number of ether oxygens (including phenoxy) is 1. The van der Waals surface area contributed by atoms with E-state index in [1.54, 1.807) is 25.3 Å². The summed E-state index contributed by atoms with van der Waals surface area (Å²) in [5.41, 5.74) is 1.46. The van der Waals surface area contributed by atoms with Crippen LogP contribution in [-0.4, -0.2) is 34.9 Å². The van der Waals surface area contributed by atoms with Gasteiger partial charge in [0.15, 0.2) is 0 Å². The zero-order chi connectivity index (χ0) is 12.4. The van der Waals surface area contributed by atoms with Gasteiger partial charge in [-0.15, -0.1) is 0 Å². The molecule has 0 bridgehead atoms. The second kappa shape index (κ2) is 4.47. The molecule has 0 aliphatic rings. The molecule has 0 saturated heterocycles. The van der Waals surface area contributed by atoms with Crippen LogP contribution in [0.15, 0.2) is 18.2 Å². The lowest BCUT2D eigenvalue weighted by atomic mass is 10.1. The number of aromatic carboxylic acids is 1. The fraction of sp³-hybridized carbons (Fsp3) is 0.250. The van der Waals surface area contributed by atoms with Crippen molar-refractivity contribution in [2.45, 2.75) is 6.42 Å². The maximum Gasteiger partial charge on any atom is 0.352 e. The Morgan fingerprint density at radius 3 is 2.82 bits per heavy atom. The first-order chi connectivity index (χ1) is 8.17. The van der Waals surface area contributed by atoms with Gasteiger partial charge in [-0.1, -0.05) is 0 Å². The monoisotopic (exact) mass is 235 g/mol. The maximum absolute atomic E-state index is 11.1. The highest BCUT2D eigenvalue weighted by Crippen LogP contribution is 2.27. The van der Waals surface area contributed by atoms with Crippen molar-refractivity contribution in [3.05, 3.63) is 29.5 Å². The van der Waals surface area contributed by atoms with Gasteiger partial charge in [0.1, 0.15) is 11.4 Å². The lowest BCUT2D eigenvalue weighted by molar-refractivity contribution is 0.0690. The molecule has 90 valence electrons. The van der Waals surface area contributed by atoms with E-state index in [4.69, 9.17) is 14.9 Å². The average molecular weight is 235 g/mol. The van der Waals surface area contributed by atoms with Crippen LogP contribution in [0.2, 0.25) is 0 Å². The summed E-state index contributed by atoms with van der Waals surface area (Å²) < 4.78 is 5.10. The molecular weight excluding hydrogens is 222 g/mol. The number of benzene rings is 1. The number of methoxy groups -OCH3 is 1. The SMILES string of the molecule is COc1ccc2[nH]c(C(=O)O)c(CCO)c2c1. The Labute approximate surface area is 97.6 Å². The standard InChI is InChI=1S/C12H13NO4/c1-17-7-2-3-10-9(6-7)8(4-5-14)11(13-10)12(15)16/h2-3,6,13-14H,4-5H2,1H3,(H,15,16). The predicted molar refractivity (Wildman–Crippen MR) is 62.6 cm³/mol. The van der Waals surface area contributed by atoms with E-state index >= 15 is 0 Å². The summed E-state index contributed by atoms with van der Waals surface area (Å²) >= 11 is 0. The normalized spacial score (nSPS) is 10.7. The number of nitrogens with one attached hydrogen (secondary N) is 1. The number of aliphatic hydroxyl groups excluding tert-OH is 1. The van der Waals surface area contributed by atoms with Gasteiger partial charge in [0.2, 0.25) is 0 Å². The van der Waals surface area contributed by atoms with Crippen LogP contribution in [0.5, 0.6) is 5.75 Å². The first-order valence-electron chi connectivity index (χ1n) is 5.20. The number of hydrogen-bond donors (Lipinski definition) is 3. The van der Waals surface area contributed by atoms with Crippen LogP contribution < -0.4 is 4.74 Å². The third kappa shape index (κ3) is 1.97. The molecule has 1 aromatic heterocycles. The Hall–Kier alpha value is -2.01. The van der Waals surface area contributed by atoms with Crippen LogP contribution in [0.25, 0.3) is 10.9 Å². The van der Waals surface area contributed by atoms with Gasteiger partial charge in [-0.25, -0.2) is 4.79 Å². The van der Waals surface area contributed by atoms with Crippen molar-refractivity contribution in [1.82, 2.24) is 4.98 Å². The highest BCUT2D eigenvalue weighted by Gasteiger charge is 2.16. The fourth-order valence-corrected chi connectivity index (χ4v) is 1.91. The Bertz CT molecular complexity index is 559.